The van der Waals surface area contributed by atoms with Gasteiger partial charge in [-0.25, -0.2) is 0 Å². The van der Waals surface area contributed by atoms with Crippen molar-refractivity contribution in [3.8, 4) is 0 Å². The standard InChI is InChI=1S/C10H14BrNOS/c1-2-8(11)7-12-10(13)6-9-4-3-5-14-9/h3-5,8H,2,6-7H2,1H3,(H,12,13). The Labute approximate surface area is 96.8 Å². The summed E-state index contributed by atoms with van der Waals surface area (Å²) >= 11 is 5.09. The van der Waals surface area contributed by atoms with Gasteiger partial charge in [-0.1, -0.05) is 28.9 Å². The summed E-state index contributed by atoms with van der Waals surface area (Å²) in [4.78, 5) is 12.9. The normalized spacial score (nSPS) is 12.4. The van der Waals surface area contributed by atoms with Crippen LogP contribution in [0.4, 0.5) is 0 Å². The van der Waals surface area contributed by atoms with Crippen LogP contribution >= 0.6 is 27.3 Å². The maximum absolute atomic E-state index is 11.4. The Hall–Kier alpha value is -0.350. The highest BCUT2D eigenvalue weighted by Gasteiger charge is 2.06. The molecular weight excluding hydrogens is 262 g/mol. The van der Waals surface area contributed by atoms with E-state index in [1.54, 1.807) is 11.3 Å². The molecule has 1 atom stereocenters. The predicted octanol–water partition coefficient (Wildman–Crippen LogP) is 2.58. The average molecular weight is 276 g/mol. The van der Waals surface area contributed by atoms with E-state index in [1.165, 1.54) is 0 Å². The van der Waals surface area contributed by atoms with E-state index in [2.05, 4.69) is 28.2 Å². The van der Waals surface area contributed by atoms with E-state index in [-0.39, 0.29) is 5.91 Å². The average Bonchev–Trinajstić information content (AvgIpc) is 2.66. The minimum absolute atomic E-state index is 0.102. The van der Waals surface area contributed by atoms with Gasteiger partial charge in [-0.15, -0.1) is 11.3 Å². The molecule has 0 aliphatic heterocycles. The van der Waals surface area contributed by atoms with E-state index < -0.39 is 0 Å². The van der Waals surface area contributed by atoms with Crippen molar-refractivity contribution in [1.82, 2.24) is 5.32 Å². The molecule has 0 radical (unpaired) electrons. The van der Waals surface area contributed by atoms with Gasteiger partial charge in [-0.05, 0) is 17.9 Å². The van der Waals surface area contributed by atoms with Crippen molar-refractivity contribution in [1.29, 1.82) is 0 Å². The number of nitrogens with one attached hydrogen (secondary N) is 1. The first-order chi connectivity index (χ1) is 6.72. The van der Waals surface area contributed by atoms with Gasteiger partial charge in [0, 0.05) is 16.2 Å². The topological polar surface area (TPSA) is 29.1 Å². The molecule has 1 heterocycles. The van der Waals surface area contributed by atoms with Crippen molar-refractivity contribution in [2.24, 2.45) is 0 Å². The summed E-state index contributed by atoms with van der Waals surface area (Å²) in [5.41, 5.74) is 0. The van der Waals surface area contributed by atoms with Gasteiger partial charge in [0.1, 0.15) is 0 Å². The van der Waals surface area contributed by atoms with Crippen molar-refractivity contribution >= 4 is 33.2 Å². The second kappa shape index (κ2) is 6.19. The molecule has 14 heavy (non-hydrogen) atoms. The highest BCUT2D eigenvalue weighted by molar-refractivity contribution is 9.09. The molecule has 78 valence electrons. The molecule has 1 unspecified atom stereocenters. The molecule has 0 fully saturated rings. The van der Waals surface area contributed by atoms with E-state index in [9.17, 15) is 4.79 Å². The number of carbonyl (C=O) groups excluding carboxylic acids is 1. The fourth-order valence-electron chi connectivity index (χ4n) is 1.00. The van der Waals surface area contributed by atoms with Crippen molar-refractivity contribution in [3.63, 3.8) is 0 Å². The molecule has 0 saturated heterocycles. The van der Waals surface area contributed by atoms with E-state index in [0.717, 1.165) is 11.3 Å². The summed E-state index contributed by atoms with van der Waals surface area (Å²) in [7, 11) is 0. The third kappa shape index (κ3) is 4.24. The van der Waals surface area contributed by atoms with Crippen LogP contribution in [0.15, 0.2) is 17.5 Å². The number of thiophene rings is 1. The number of rotatable bonds is 5. The third-order valence-corrected chi connectivity index (χ3v) is 3.73. The molecule has 1 N–H and O–H groups in total. The van der Waals surface area contributed by atoms with Gasteiger partial charge in [0.25, 0.3) is 0 Å². The lowest BCUT2D eigenvalue weighted by Gasteiger charge is -2.07. The monoisotopic (exact) mass is 275 g/mol. The SMILES string of the molecule is CCC(Br)CNC(=O)Cc1cccs1. The highest BCUT2D eigenvalue weighted by Crippen LogP contribution is 2.09. The van der Waals surface area contributed by atoms with Crippen molar-refractivity contribution in [2.75, 3.05) is 6.54 Å². The third-order valence-electron chi connectivity index (χ3n) is 1.88. The van der Waals surface area contributed by atoms with Gasteiger partial charge in [-0.2, -0.15) is 0 Å². The van der Waals surface area contributed by atoms with E-state index in [0.29, 0.717) is 17.8 Å². The van der Waals surface area contributed by atoms with E-state index in [4.69, 9.17) is 0 Å². The first-order valence-corrected chi connectivity index (χ1v) is 6.45. The second-order valence-corrected chi connectivity index (χ2v) is 5.39. The van der Waals surface area contributed by atoms with Crippen LogP contribution in [0.25, 0.3) is 0 Å². The minimum Gasteiger partial charge on any atom is -0.355 e. The lowest BCUT2D eigenvalue weighted by atomic mass is 10.3. The summed E-state index contributed by atoms with van der Waals surface area (Å²) in [6.45, 7) is 2.80. The van der Waals surface area contributed by atoms with Gasteiger partial charge >= 0.3 is 0 Å². The Kier molecular flexibility index (Phi) is 5.19. The van der Waals surface area contributed by atoms with Crippen LogP contribution in [-0.2, 0) is 11.2 Å². The summed E-state index contributed by atoms with van der Waals surface area (Å²) in [6, 6.07) is 3.95. The summed E-state index contributed by atoms with van der Waals surface area (Å²) in [5, 5.41) is 4.88. The van der Waals surface area contributed by atoms with Gasteiger partial charge in [0.2, 0.25) is 5.91 Å². The van der Waals surface area contributed by atoms with E-state index >= 15 is 0 Å². The maximum atomic E-state index is 11.4. The lowest BCUT2D eigenvalue weighted by Crippen LogP contribution is -2.30. The molecule has 0 aliphatic rings. The van der Waals surface area contributed by atoms with Crippen LogP contribution in [0.3, 0.4) is 0 Å². The minimum atomic E-state index is 0.102. The fourth-order valence-corrected chi connectivity index (χ4v) is 1.87. The second-order valence-electron chi connectivity index (χ2n) is 3.07. The Balaban J connectivity index is 2.23. The Morgan fingerprint density at radius 1 is 1.71 bits per heavy atom. The van der Waals surface area contributed by atoms with Crippen molar-refractivity contribution < 1.29 is 4.79 Å². The van der Waals surface area contributed by atoms with Crippen LogP contribution in [0.5, 0.6) is 0 Å². The Morgan fingerprint density at radius 3 is 3.07 bits per heavy atom. The molecule has 0 aromatic carbocycles. The molecule has 0 aliphatic carbocycles. The van der Waals surface area contributed by atoms with Crippen LogP contribution in [0.2, 0.25) is 0 Å². The Bertz CT molecular complexity index is 274. The molecule has 1 aromatic rings. The molecule has 1 amide bonds. The largest absolute Gasteiger partial charge is 0.355 e. The van der Waals surface area contributed by atoms with Crippen LogP contribution in [-0.4, -0.2) is 17.3 Å². The molecule has 1 aromatic heterocycles. The highest BCUT2D eigenvalue weighted by atomic mass is 79.9. The zero-order valence-electron chi connectivity index (χ0n) is 8.13. The van der Waals surface area contributed by atoms with Gasteiger partial charge in [-0.3, -0.25) is 4.79 Å². The smallest absolute Gasteiger partial charge is 0.225 e. The molecule has 2 nitrogen and oxygen atoms in total. The zero-order chi connectivity index (χ0) is 10.4. The predicted molar refractivity (Wildman–Crippen MR) is 64.0 cm³/mol. The number of amides is 1. The van der Waals surface area contributed by atoms with Gasteiger partial charge in [0.15, 0.2) is 0 Å². The van der Waals surface area contributed by atoms with Crippen molar-refractivity contribution in [2.45, 2.75) is 24.6 Å². The number of hydrogen-bond acceptors (Lipinski definition) is 2. The molecular formula is C10H14BrNOS. The summed E-state index contributed by atoms with van der Waals surface area (Å²) in [5.74, 6) is 0.102. The van der Waals surface area contributed by atoms with Crippen LogP contribution < -0.4 is 5.32 Å². The quantitative estimate of drug-likeness (QED) is 0.823. The number of carbonyl (C=O) groups is 1. The summed E-state index contributed by atoms with van der Waals surface area (Å²) < 4.78 is 0. The van der Waals surface area contributed by atoms with Gasteiger partial charge in [0.05, 0.1) is 6.42 Å². The Morgan fingerprint density at radius 2 is 2.50 bits per heavy atom. The van der Waals surface area contributed by atoms with E-state index in [1.807, 2.05) is 17.5 Å². The molecule has 4 heteroatoms. The molecule has 0 saturated carbocycles. The number of hydrogen-bond donors (Lipinski definition) is 1. The van der Waals surface area contributed by atoms with Crippen molar-refractivity contribution in [3.05, 3.63) is 22.4 Å². The summed E-state index contributed by atoms with van der Waals surface area (Å²) in [6.07, 6.45) is 1.53. The maximum Gasteiger partial charge on any atom is 0.225 e. The zero-order valence-corrected chi connectivity index (χ0v) is 10.5. The first-order valence-electron chi connectivity index (χ1n) is 4.65. The fraction of sp³-hybridized carbons (Fsp3) is 0.500. The molecule has 0 spiro atoms. The number of halogens is 1. The van der Waals surface area contributed by atoms with Gasteiger partial charge < -0.3 is 5.32 Å². The first kappa shape index (κ1) is 11.7. The molecule has 0 bridgehead atoms. The molecule has 1 rings (SSSR count). The van der Waals surface area contributed by atoms with Crippen LogP contribution in [0, 0.1) is 0 Å². The van der Waals surface area contributed by atoms with Crippen LogP contribution in [0.1, 0.15) is 18.2 Å². The lowest BCUT2D eigenvalue weighted by molar-refractivity contribution is -0.120. The number of alkyl halides is 1.